The Morgan fingerprint density at radius 2 is 1.57 bits per heavy atom. The first-order valence-electron chi connectivity index (χ1n) is 14.2. The van der Waals surface area contributed by atoms with E-state index < -0.39 is 11.7 Å². The summed E-state index contributed by atoms with van der Waals surface area (Å²) in [4.78, 5) is 33.8. The van der Waals surface area contributed by atoms with Crippen molar-refractivity contribution in [3.05, 3.63) is 115 Å². The molecule has 6 rings (SSSR count). The molecule has 9 heteroatoms. The minimum absolute atomic E-state index is 0.245. The molecule has 0 aliphatic carbocycles. The second kappa shape index (κ2) is 11.9. The maximum absolute atomic E-state index is 12.9. The number of alkyl carbamates (subject to hydrolysis) is 1. The van der Waals surface area contributed by atoms with Crippen molar-refractivity contribution in [2.45, 2.75) is 32.9 Å². The van der Waals surface area contributed by atoms with Gasteiger partial charge in [-0.2, -0.15) is 0 Å². The molecule has 9 nitrogen and oxygen atoms in total. The molecular weight excluding hydrogens is 554 g/mol. The van der Waals surface area contributed by atoms with Gasteiger partial charge in [0.2, 0.25) is 0 Å². The van der Waals surface area contributed by atoms with Crippen LogP contribution in [0.5, 0.6) is 0 Å². The maximum Gasteiger partial charge on any atom is 0.407 e. The van der Waals surface area contributed by atoms with Crippen molar-refractivity contribution < 1.29 is 18.7 Å². The Kier molecular flexibility index (Phi) is 7.68. The normalized spacial score (nSPS) is 11.3. The molecule has 44 heavy (non-hydrogen) atoms. The number of anilines is 3. The van der Waals surface area contributed by atoms with Crippen molar-refractivity contribution in [3.63, 3.8) is 0 Å². The first-order chi connectivity index (χ1) is 21.2. The summed E-state index contributed by atoms with van der Waals surface area (Å²) in [6.45, 7) is 5.65. The first-order valence-corrected chi connectivity index (χ1v) is 14.2. The van der Waals surface area contributed by atoms with E-state index in [1.807, 2.05) is 78.9 Å². The Balaban J connectivity index is 1.11. The van der Waals surface area contributed by atoms with Crippen LogP contribution in [0.4, 0.5) is 22.0 Å². The number of carbonyl (C=O) groups excluding carboxylic acids is 2. The third-order valence-electron chi connectivity index (χ3n) is 6.79. The van der Waals surface area contributed by atoms with E-state index in [0.29, 0.717) is 17.1 Å². The monoisotopic (exact) mass is 585 g/mol. The van der Waals surface area contributed by atoms with Crippen molar-refractivity contribution >= 4 is 51.1 Å². The van der Waals surface area contributed by atoms with Gasteiger partial charge in [0.25, 0.3) is 5.91 Å². The van der Waals surface area contributed by atoms with Crippen LogP contribution >= 0.6 is 0 Å². The highest BCUT2D eigenvalue weighted by atomic mass is 16.6. The van der Waals surface area contributed by atoms with Crippen LogP contribution in [0.1, 0.15) is 36.7 Å². The molecule has 0 atom stereocenters. The zero-order valence-electron chi connectivity index (χ0n) is 24.5. The molecule has 0 saturated carbocycles. The number of aromatic nitrogens is 2. The van der Waals surface area contributed by atoms with Gasteiger partial charge in [0, 0.05) is 45.9 Å². The minimum Gasteiger partial charge on any atom is -0.455 e. The predicted molar refractivity (Wildman–Crippen MR) is 172 cm³/mol. The third-order valence-corrected chi connectivity index (χ3v) is 6.79. The van der Waals surface area contributed by atoms with Crippen LogP contribution in [0.25, 0.3) is 33.2 Å². The fourth-order valence-electron chi connectivity index (χ4n) is 4.82. The fraction of sp³-hybridized carbons (Fsp3) is 0.143. The molecule has 2 amide bonds. The van der Waals surface area contributed by atoms with E-state index in [0.717, 1.165) is 44.4 Å². The van der Waals surface area contributed by atoms with Crippen molar-refractivity contribution in [1.29, 1.82) is 0 Å². The topological polar surface area (TPSA) is 118 Å². The van der Waals surface area contributed by atoms with Gasteiger partial charge in [0.05, 0.1) is 5.69 Å². The molecule has 0 unspecified atom stereocenters. The van der Waals surface area contributed by atoms with Gasteiger partial charge >= 0.3 is 6.09 Å². The van der Waals surface area contributed by atoms with Gasteiger partial charge in [-0.1, -0.05) is 42.5 Å². The summed E-state index contributed by atoms with van der Waals surface area (Å²) in [5.74, 6) is 0.363. The zero-order chi connectivity index (χ0) is 30.7. The predicted octanol–water partition coefficient (Wildman–Crippen LogP) is 8.06. The quantitative estimate of drug-likeness (QED) is 0.173. The second-order valence-corrected chi connectivity index (χ2v) is 11.3. The van der Waals surface area contributed by atoms with E-state index in [1.165, 1.54) is 6.33 Å². The van der Waals surface area contributed by atoms with E-state index >= 15 is 0 Å². The lowest BCUT2D eigenvalue weighted by Gasteiger charge is -2.19. The molecule has 0 saturated heterocycles. The van der Waals surface area contributed by atoms with Gasteiger partial charge < -0.3 is 25.1 Å². The van der Waals surface area contributed by atoms with E-state index in [-0.39, 0.29) is 12.5 Å². The van der Waals surface area contributed by atoms with Crippen molar-refractivity contribution in [2.75, 3.05) is 10.6 Å². The number of fused-ring (bicyclic) bond motifs is 3. The second-order valence-electron chi connectivity index (χ2n) is 11.3. The highest BCUT2D eigenvalue weighted by Crippen LogP contribution is 2.35. The largest absolute Gasteiger partial charge is 0.455 e. The van der Waals surface area contributed by atoms with Crippen LogP contribution in [0.15, 0.2) is 108 Å². The summed E-state index contributed by atoms with van der Waals surface area (Å²) >= 11 is 0. The molecule has 0 aliphatic rings. The molecule has 0 spiro atoms. The fourth-order valence-corrected chi connectivity index (χ4v) is 4.82. The molecule has 2 aromatic heterocycles. The van der Waals surface area contributed by atoms with E-state index in [1.54, 1.807) is 39.0 Å². The summed E-state index contributed by atoms with van der Waals surface area (Å²) in [6.07, 6.45) is 1.01. The lowest BCUT2D eigenvalue weighted by molar-refractivity contribution is 0.0523. The number of hydrogen-bond donors (Lipinski definition) is 3. The summed E-state index contributed by atoms with van der Waals surface area (Å²) in [5, 5.41) is 11.0. The van der Waals surface area contributed by atoms with E-state index in [9.17, 15) is 9.59 Å². The van der Waals surface area contributed by atoms with Crippen LogP contribution in [0.3, 0.4) is 0 Å². The van der Waals surface area contributed by atoms with E-state index in [4.69, 9.17) is 9.15 Å². The van der Waals surface area contributed by atoms with Crippen molar-refractivity contribution in [1.82, 2.24) is 15.3 Å². The van der Waals surface area contributed by atoms with Gasteiger partial charge in [-0.15, -0.1) is 0 Å². The molecule has 220 valence electrons. The Morgan fingerprint density at radius 3 is 2.39 bits per heavy atom. The molecule has 0 bridgehead atoms. The van der Waals surface area contributed by atoms with Gasteiger partial charge in [-0.25, -0.2) is 14.8 Å². The highest BCUT2D eigenvalue weighted by molar-refractivity contribution is 6.09. The maximum atomic E-state index is 12.9. The Hall–Kier alpha value is -5.70. The first kappa shape index (κ1) is 28.4. The number of nitrogens with zero attached hydrogens (tertiary/aromatic N) is 2. The average molecular weight is 586 g/mol. The van der Waals surface area contributed by atoms with Crippen LogP contribution in [0.2, 0.25) is 0 Å². The molecule has 3 N–H and O–H groups in total. The number of rotatable bonds is 7. The molecule has 0 fully saturated rings. The number of hydrogen-bond acceptors (Lipinski definition) is 7. The molecule has 2 heterocycles. The number of ether oxygens (including phenoxy) is 1. The van der Waals surface area contributed by atoms with E-state index in [2.05, 4.69) is 25.9 Å². The molecule has 0 radical (unpaired) electrons. The lowest BCUT2D eigenvalue weighted by Crippen LogP contribution is -2.32. The number of amides is 2. The van der Waals surface area contributed by atoms with Gasteiger partial charge in [-0.05, 0) is 74.9 Å². The van der Waals surface area contributed by atoms with Crippen LogP contribution < -0.4 is 16.0 Å². The molecule has 6 aromatic rings. The smallest absolute Gasteiger partial charge is 0.407 e. The van der Waals surface area contributed by atoms with Crippen LogP contribution in [0, 0.1) is 0 Å². The standard InChI is InChI=1S/C35H31N5O4/c1-35(2,3)44-34(42)36-20-22-8-6-9-23(18-22)33(41)40-25-16-14-24(15-17-25)39-31-19-29(37-21-38-31)28-12-7-11-27-26-10-4-5-13-30(26)43-32(27)28/h4-19,21H,20H2,1-3H3,(H,36,42)(H,40,41)(H,37,38,39). The molecule has 4 aromatic carbocycles. The number of nitrogens with one attached hydrogen (secondary N) is 3. The highest BCUT2D eigenvalue weighted by Gasteiger charge is 2.16. The van der Waals surface area contributed by atoms with Crippen molar-refractivity contribution in [2.24, 2.45) is 0 Å². The number of para-hydroxylation sites is 2. The number of furan rings is 1. The third kappa shape index (κ3) is 6.52. The molecular formula is C35H31N5O4. The summed E-state index contributed by atoms with van der Waals surface area (Å²) < 4.78 is 11.4. The average Bonchev–Trinajstić information content (AvgIpc) is 3.39. The lowest BCUT2D eigenvalue weighted by atomic mass is 10.1. The van der Waals surface area contributed by atoms with Crippen LogP contribution in [-0.2, 0) is 11.3 Å². The van der Waals surface area contributed by atoms with Crippen LogP contribution in [-0.4, -0.2) is 27.6 Å². The van der Waals surface area contributed by atoms with Gasteiger partial charge in [0.1, 0.15) is 28.9 Å². The van der Waals surface area contributed by atoms with Crippen molar-refractivity contribution in [3.8, 4) is 11.3 Å². The van der Waals surface area contributed by atoms with Gasteiger partial charge in [-0.3, -0.25) is 4.79 Å². The Morgan fingerprint density at radius 1 is 0.818 bits per heavy atom. The summed E-state index contributed by atoms with van der Waals surface area (Å²) in [7, 11) is 0. The summed E-state index contributed by atoms with van der Waals surface area (Å²) in [5.41, 5.74) is 5.34. The minimum atomic E-state index is -0.583. The van der Waals surface area contributed by atoms with Gasteiger partial charge in [0.15, 0.2) is 0 Å². The summed E-state index contributed by atoms with van der Waals surface area (Å²) in [6, 6.07) is 30.3. The Bertz CT molecular complexity index is 1980. The SMILES string of the molecule is CC(C)(C)OC(=O)NCc1cccc(C(=O)Nc2ccc(Nc3cc(-c4cccc5c4oc4ccccc45)ncn3)cc2)c1. The Labute approximate surface area is 254 Å². The number of benzene rings is 4. The molecule has 0 aliphatic heterocycles. The number of carbonyl (C=O) groups is 2. The zero-order valence-corrected chi connectivity index (χ0v) is 24.5.